The van der Waals surface area contributed by atoms with Gasteiger partial charge >= 0.3 is 0 Å². The second-order valence-electron chi connectivity index (χ2n) is 4.77. The number of aliphatic hydroxyl groups is 1. The van der Waals surface area contributed by atoms with Gasteiger partial charge in [-0.15, -0.1) is 0 Å². The van der Waals surface area contributed by atoms with Gasteiger partial charge in [-0.25, -0.2) is 4.98 Å². The molecule has 1 aromatic carbocycles. The zero-order valence-electron chi connectivity index (χ0n) is 9.82. The van der Waals surface area contributed by atoms with Gasteiger partial charge in [0.25, 0.3) is 0 Å². The van der Waals surface area contributed by atoms with Crippen molar-refractivity contribution in [2.75, 3.05) is 18.0 Å². The summed E-state index contributed by atoms with van der Waals surface area (Å²) in [5.74, 6) is 0. The number of anilines is 1. The van der Waals surface area contributed by atoms with E-state index in [1.165, 1.54) is 0 Å². The van der Waals surface area contributed by atoms with Crippen LogP contribution in [0, 0.1) is 0 Å². The number of aromatic nitrogens is 2. The molecule has 0 bridgehead atoms. The third kappa shape index (κ3) is 1.32. The SMILES string of the molecule is OC1CN(c2ccn3c(c2)nc2ccccc23)C1. The van der Waals surface area contributed by atoms with Crippen molar-refractivity contribution in [2.45, 2.75) is 6.10 Å². The minimum Gasteiger partial charge on any atom is -0.389 e. The molecule has 3 heterocycles. The van der Waals surface area contributed by atoms with Gasteiger partial charge in [-0.3, -0.25) is 4.40 Å². The van der Waals surface area contributed by atoms with Crippen LogP contribution in [0.3, 0.4) is 0 Å². The van der Waals surface area contributed by atoms with Gasteiger partial charge in [0.05, 0.1) is 17.1 Å². The third-order valence-corrected chi connectivity index (χ3v) is 3.52. The van der Waals surface area contributed by atoms with Gasteiger partial charge in [0.1, 0.15) is 5.65 Å². The van der Waals surface area contributed by atoms with E-state index in [0.717, 1.165) is 35.5 Å². The molecular formula is C14H13N3O. The molecule has 0 atom stereocenters. The van der Waals surface area contributed by atoms with E-state index in [1.54, 1.807) is 0 Å². The molecule has 0 saturated carbocycles. The number of hydrogen-bond donors (Lipinski definition) is 1. The van der Waals surface area contributed by atoms with Crippen LogP contribution in [0.5, 0.6) is 0 Å². The summed E-state index contributed by atoms with van der Waals surface area (Å²) in [6.07, 6.45) is 1.87. The monoisotopic (exact) mass is 239 g/mol. The van der Waals surface area contributed by atoms with Crippen molar-refractivity contribution in [1.29, 1.82) is 0 Å². The van der Waals surface area contributed by atoms with Crippen molar-refractivity contribution in [3.05, 3.63) is 42.6 Å². The number of hydrogen-bond acceptors (Lipinski definition) is 3. The summed E-state index contributed by atoms with van der Waals surface area (Å²) in [6.45, 7) is 1.44. The lowest BCUT2D eigenvalue weighted by molar-refractivity contribution is 0.142. The fourth-order valence-corrected chi connectivity index (χ4v) is 2.52. The molecule has 90 valence electrons. The van der Waals surface area contributed by atoms with Gasteiger partial charge in [-0.1, -0.05) is 12.1 Å². The lowest BCUT2D eigenvalue weighted by Crippen LogP contribution is -2.50. The summed E-state index contributed by atoms with van der Waals surface area (Å²) in [4.78, 5) is 6.77. The quantitative estimate of drug-likeness (QED) is 0.702. The van der Waals surface area contributed by atoms with Crippen LogP contribution < -0.4 is 4.90 Å². The third-order valence-electron chi connectivity index (χ3n) is 3.52. The molecule has 1 N–H and O–H groups in total. The fraction of sp³-hybridized carbons (Fsp3) is 0.214. The van der Waals surface area contributed by atoms with Crippen LogP contribution in [0.2, 0.25) is 0 Å². The summed E-state index contributed by atoms with van der Waals surface area (Å²) in [7, 11) is 0. The average Bonchev–Trinajstić information content (AvgIpc) is 2.72. The number of imidazole rings is 1. The molecule has 1 saturated heterocycles. The molecule has 18 heavy (non-hydrogen) atoms. The summed E-state index contributed by atoms with van der Waals surface area (Å²) < 4.78 is 2.09. The first-order chi connectivity index (χ1) is 8.81. The topological polar surface area (TPSA) is 40.8 Å². The van der Waals surface area contributed by atoms with Gasteiger partial charge in [-0.05, 0) is 18.2 Å². The second-order valence-corrected chi connectivity index (χ2v) is 4.77. The smallest absolute Gasteiger partial charge is 0.139 e. The molecule has 1 aliphatic rings. The van der Waals surface area contributed by atoms with Crippen LogP contribution in [-0.2, 0) is 0 Å². The first kappa shape index (κ1) is 9.91. The predicted molar refractivity (Wildman–Crippen MR) is 70.9 cm³/mol. The Morgan fingerprint density at radius 1 is 1.17 bits per heavy atom. The maximum Gasteiger partial charge on any atom is 0.139 e. The van der Waals surface area contributed by atoms with E-state index in [1.807, 2.05) is 24.4 Å². The van der Waals surface area contributed by atoms with Crippen LogP contribution in [0.15, 0.2) is 42.6 Å². The van der Waals surface area contributed by atoms with Crippen LogP contribution in [0.25, 0.3) is 16.7 Å². The van der Waals surface area contributed by atoms with Crippen LogP contribution in [0.4, 0.5) is 5.69 Å². The van der Waals surface area contributed by atoms with E-state index in [2.05, 4.69) is 32.5 Å². The zero-order valence-corrected chi connectivity index (χ0v) is 9.82. The van der Waals surface area contributed by atoms with Crippen LogP contribution in [-0.4, -0.2) is 33.7 Å². The maximum absolute atomic E-state index is 9.34. The zero-order chi connectivity index (χ0) is 12.1. The van der Waals surface area contributed by atoms with Crippen LogP contribution >= 0.6 is 0 Å². The van der Waals surface area contributed by atoms with Crippen molar-refractivity contribution in [1.82, 2.24) is 9.38 Å². The van der Waals surface area contributed by atoms with Gasteiger partial charge in [0.15, 0.2) is 0 Å². The van der Waals surface area contributed by atoms with Gasteiger partial charge < -0.3 is 10.0 Å². The number of rotatable bonds is 1. The lowest BCUT2D eigenvalue weighted by atomic mass is 10.1. The number of benzene rings is 1. The highest BCUT2D eigenvalue weighted by atomic mass is 16.3. The fourth-order valence-electron chi connectivity index (χ4n) is 2.52. The van der Waals surface area contributed by atoms with Gasteiger partial charge in [-0.2, -0.15) is 0 Å². The highest BCUT2D eigenvalue weighted by Crippen LogP contribution is 2.24. The standard InChI is InChI=1S/C14H13N3O/c18-11-8-16(9-11)10-5-6-17-13-4-2-1-3-12(13)15-14(17)7-10/h1-7,11,18H,8-9H2. The molecule has 4 rings (SSSR count). The molecule has 1 aliphatic heterocycles. The maximum atomic E-state index is 9.34. The number of β-amino-alcohol motifs (C(OH)–C–C–N with tert-alkyl or cyclic N) is 1. The summed E-state index contributed by atoms with van der Waals surface area (Å²) in [5, 5.41) is 9.34. The molecule has 1 fully saturated rings. The number of nitrogens with zero attached hydrogens (tertiary/aromatic N) is 3. The van der Waals surface area contributed by atoms with Crippen LogP contribution in [0.1, 0.15) is 0 Å². The highest BCUT2D eigenvalue weighted by molar-refractivity contribution is 5.81. The molecule has 3 aromatic rings. The van der Waals surface area contributed by atoms with Gasteiger partial charge in [0, 0.05) is 31.0 Å². The van der Waals surface area contributed by atoms with E-state index >= 15 is 0 Å². The molecule has 4 nitrogen and oxygen atoms in total. The molecular weight excluding hydrogens is 226 g/mol. The van der Waals surface area contributed by atoms with E-state index in [4.69, 9.17) is 0 Å². The Morgan fingerprint density at radius 3 is 2.83 bits per heavy atom. The molecule has 0 unspecified atom stereocenters. The normalized spacial score (nSPS) is 16.4. The second kappa shape index (κ2) is 3.46. The number of pyridine rings is 1. The van der Waals surface area contributed by atoms with E-state index < -0.39 is 0 Å². The number of aliphatic hydroxyl groups excluding tert-OH is 1. The minimum atomic E-state index is -0.181. The average molecular weight is 239 g/mol. The Kier molecular flexibility index (Phi) is 1.91. The molecule has 0 radical (unpaired) electrons. The Morgan fingerprint density at radius 2 is 2.00 bits per heavy atom. The van der Waals surface area contributed by atoms with Crippen molar-refractivity contribution in [3.63, 3.8) is 0 Å². The molecule has 0 spiro atoms. The van der Waals surface area contributed by atoms with Crippen molar-refractivity contribution in [3.8, 4) is 0 Å². The Balaban J connectivity index is 1.87. The Bertz CT molecular complexity index is 728. The first-order valence-electron chi connectivity index (χ1n) is 6.11. The minimum absolute atomic E-state index is 0.181. The Hall–Kier alpha value is -2.07. The van der Waals surface area contributed by atoms with Gasteiger partial charge in [0.2, 0.25) is 0 Å². The van der Waals surface area contributed by atoms with Crippen molar-refractivity contribution in [2.24, 2.45) is 0 Å². The van der Waals surface area contributed by atoms with Crippen molar-refractivity contribution < 1.29 is 5.11 Å². The summed E-state index contributed by atoms with van der Waals surface area (Å²) >= 11 is 0. The summed E-state index contributed by atoms with van der Waals surface area (Å²) in [5.41, 5.74) is 4.22. The molecule has 0 amide bonds. The number of fused-ring (bicyclic) bond motifs is 3. The summed E-state index contributed by atoms with van der Waals surface area (Å²) in [6, 6.07) is 12.3. The van der Waals surface area contributed by atoms with E-state index in [0.29, 0.717) is 0 Å². The van der Waals surface area contributed by atoms with E-state index in [9.17, 15) is 5.11 Å². The largest absolute Gasteiger partial charge is 0.389 e. The Labute approximate surface area is 104 Å². The molecule has 2 aromatic heterocycles. The lowest BCUT2D eigenvalue weighted by Gasteiger charge is -2.37. The first-order valence-corrected chi connectivity index (χ1v) is 6.11. The predicted octanol–water partition coefficient (Wildman–Crippen LogP) is 1.67. The number of para-hydroxylation sites is 2. The van der Waals surface area contributed by atoms with E-state index in [-0.39, 0.29) is 6.10 Å². The molecule has 4 heteroatoms. The molecule has 0 aliphatic carbocycles. The highest BCUT2D eigenvalue weighted by Gasteiger charge is 2.24. The van der Waals surface area contributed by atoms with Crippen molar-refractivity contribution >= 4 is 22.4 Å².